The van der Waals surface area contributed by atoms with E-state index in [0.717, 1.165) is 52.7 Å². The number of rotatable bonds is 7. The third-order valence-electron chi connectivity index (χ3n) is 4.20. The molecule has 4 heteroatoms. The molecule has 1 aromatic heterocycles. The first-order chi connectivity index (χ1) is 11.7. The number of fused-ring (bicyclic) bond motifs is 1. The van der Waals surface area contributed by atoms with E-state index in [0.29, 0.717) is 13.2 Å². The third-order valence-corrected chi connectivity index (χ3v) is 4.20. The van der Waals surface area contributed by atoms with Gasteiger partial charge in [0.15, 0.2) is 0 Å². The molecule has 0 saturated heterocycles. The average molecular weight is 326 g/mol. The fourth-order valence-electron chi connectivity index (χ4n) is 3.06. The van der Waals surface area contributed by atoms with Crippen molar-refractivity contribution in [2.45, 2.75) is 26.2 Å². The van der Waals surface area contributed by atoms with Crippen LogP contribution in [0.15, 0.2) is 42.5 Å². The van der Waals surface area contributed by atoms with Crippen molar-refractivity contribution in [2.24, 2.45) is 5.73 Å². The van der Waals surface area contributed by atoms with Crippen LogP contribution in [0.5, 0.6) is 5.75 Å². The Labute approximate surface area is 141 Å². The van der Waals surface area contributed by atoms with E-state index in [1.165, 1.54) is 6.07 Å². The first-order valence-electron chi connectivity index (χ1n) is 8.46. The number of unbranched alkanes of at least 4 members (excludes halogenated alkanes) is 1. The van der Waals surface area contributed by atoms with Crippen molar-refractivity contribution >= 4 is 10.9 Å². The third kappa shape index (κ3) is 3.44. The maximum atomic E-state index is 13.7. The van der Waals surface area contributed by atoms with E-state index in [-0.39, 0.29) is 5.82 Å². The first kappa shape index (κ1) is 16.5. The summed E-state index contributed by atoms with van der Waals surface area (Å²) in [4.78, 5) is 3.45. The molecule has 2 aromatic carbocycles. The second-order valence-electron chi connectivity index (χ2n) is 5.87. The van der Waals surface area contributed by atoms with Crippen molar-refractivity contribution in [3.63, 3.8) is 0 Å². The SMILES string of the molecule is CCOc1ccc(-c2[nH]c3ccc(F)cc3c2CCCCN)cc1. The van der Waals surface area contributed by atoms with E-state index in [9.17, 15) is 4.39 Å². The lowest BCUT2D eigenvalue weighted by Crippen LogP contribution is -1.99. The number of hydrogen-bond donors (Lipinski definition) is 2. The van der Waals surface area contributed by atoms with E-state index < -0.39 is 0 Å². The summed E-state index contributed by atoms with van der Waals surface area (Å²) < 4.78 is 19.2. The minimum atomic E-state index is -0.209. The minimum Gasteiger partial charge on any atom is -0.494 e. The van der Waals surface area contributed by atoms with Crippen LogP contribution < -0.4 is 10.5 Å². The van der Waals surface area contributed by atoms with Gasteiger partial charge in [-0.15, -0.1) is 0 Å². The number of halogens is 1. The fraction of sp³-hybridized carbons (Fsp3) is 0.300. The molecule has 0 saturated carbocycles. The van der Waals surface area contributed by atoms with Crippen molar-refractivity contribution in [1.82, 2.24) is 4.98 Å². The van der Waals surface area contributed by atoms with Crippen LogP contribution in [0.1, 0.15) is 25.3 Å². The van der Waals surface area contributed by atoms with Crippen LogP contribution in [0.4, 0.5) is 4.39 Å². The van der Waals surface area contributed by atoms with Gasteiger partial charge in [0, 0.05) is 16.6 Å². The van der Waals surface area contributed by atoms with E-state index in [1.54, 1.807) is 12.1 Å². The van der Waals surface area contributed by atoms with Crippen molar-refractivity contribution in [1.29, 1.82) is 0 Å². The molecule has 0 bridgehead atoms. The second kappa shape index (κ2) is 7.49. The molecule has 0 unspecified atom stereocenters. The average Bonchev–Trinajstić information content (AvgIpc) is 2.94. The predicted molar refractivity (Wildman–Crippen MR) is 96.9 cm³/mol. The zero-order valence-corrected chi connectivity index (χ0v) is 13.9. The molecule has 0 spiro atoms. The van der Waals surface area contributed by atoms with E-state index >= 15 is 0 Å². The maximum absolute atomic E-state index is 13.7. The van der Waals surface area contributed by atoms with Crippen LogP contribution >= 0.6 is 0 Å². The lowest BCUT2D eigenvalue weighted by Gasteiger charge is -2.07. The summed E-state index contributed by atoms with van der Waals surface area (Å²) in [5, 5.41) is 0.955. The van der Waals surface area contributed by atoms with Gasteiger partial charge in [-0.1, -0.05) is 0 Å². The Morgan fingerprint density at radius 3 is 2.58 bits per heavy atom. The molecule has 3 aromatic rings. The number of hydrogen-bond acceptors (Lipinski definition) is 2. The molecule has 3 rings (SSSR count). The Morgan fingerprint density at radius 1 is 1.08 bits per heavy atom. The molecule has 0 fully saturated rings. The number of aromatic amines is 1. The van der Waals surface area contributed by atoms with Gasteiger partial charge >= 0.3 is 0 Å². The molecule has 126 valence electrons. The monoisotopic (exact) mass is 326 g/mol. The summed E-state index contributed by atoms with van der Waals surface area (Å²) >= 11 is 0. The van der Waals surface area contributed by atoms with Gasteiger partial charge in [-0.05, 0) is 86.3 Å². The van der Waals surface area contributed by atoms with Crippen molar-refractivity contribution in [2.75, 3.05) is 13.2 Å². The molecular weight excluding hydrogens is 303 g/mol. The Bertz CT molecular complexity index is 808. The molecule has 3 nitrogen and oxygen atoms in total. The van der Waals surface area contributed by atoms with Gasteiger partial charge in [-0.2, -0.15) is 0 Å². The summed E-state index contributed by atoms with van der Waals surface area (Å²) in [6.45, 7) is 3.29. The molecule has 24 heavy (non-hydrogen) atoms. The summed E-state index contributed by atoms with van der Waals surface area (Å²) in [6, 6.07) is 12.9. The lowest BCUT2D eigenvalue weighted by atomic mass is 10.00. The highest BCUT2D eigenvalue weighted by Gasteiger charge is 2.13. The van der Waals surface area contributed by atoms with Gasteiger partial charge in [0.2, 0.25) is 0 Å². The molecular formula is C20H23FN2O. The highest BCUT2D eigenvalue weighted by atomic mass is 19.1. The van der Waals surface area contributed by atoms with Gasteiger partial charge in [0.05, 0.1) is 6.61 Å². The number of H-pyrrole nitrogens is 1. The van der Waals surface area contributed by atoms with Crippen LogP contribution in [0.2, 0.25) is 0 Å². The number of benzene rings is 2. The standard InChI is InChI=1S/C20H23FN2O/c1-2-24-16-9-6-14(7-10-16)20-17(5-3-4-12-22)18-13-15(21)8-11-19(18)23-20/h6-11,13,23H,2-5,12,22H2,1H3. The topological polar surface area (TPSA) is 51.0 Å². The predicted octanol–water partition coefficient (Wildman–Crippen LogP) is 4.65. The van der Waals surface area contributed by atoms with Crippen molar-refractivity contribution < 1.29 is 9.13 Å². The van der Waals surface area contributed by atoms with Gasteiger partial charge in [-0.3, -0.25) is 0 Å². The second-order valence-corrected chi connectivity index (χ2v) is 5.87. The van der Waals surface area contributed by atoms with Gasteiger partial charge < -0.3 is 15.5 Å². The molecule has 3 N–H and O–H groups in total. The molecule has 0 atom stereocenters. The Morgan fingerprint density at radius 2 is 1.88 bits per heavy atom. The van der Waals surface area contributed by atoms with Crippen LogP contribution in [0.3, 0.4) is 0 Å². The molecule has 0 aliphatic carbocycles. The van der Waals surface area contributed by atoms with E-state index in [4.69, 9.17) is 10.5 Å². The van der Waals surface area contributed by atoms with Crippen LogP contribution in [-0.2, 0) is 6.42 Å². The van der Waals surface area contributed by atoms with Crippen LogP contribution in [0, 0.1) is 5.82 Å². The van der Waals surface area contributed by atoms with Gasteiger partial charge in [-0.25, -0.2) is 4.39 Å². The normalized spacial score (nSPS) is 11.1. The summed E-state index contributed by atoms with van der Waals surface area (Å²) in [5.41, 5.74) is 9.87. The maximum Gasteiger partial charge on any atom is 0.123 e. The highest BCUT2D eigenvalue weighted by molar-refractivity contribution is 5.90. The molecule has 0 radical (unpaired) electrons. The van der Waals surface area contributed by atoms with Crippen molar-refractivity contribution in [3.05, 3.63) is 53.8 Å². The zero-order valence-electron chi connectivity index (χ0n) is 13.9. The number of nitrogens with two attached hydrogens (primary N) is 1. The Balaban J connectivity index is 2.03. The smallest absolute Gasteiger partial charge is 0.123 e. The highest BCUT2D eigenvalue weighted by Crippen LogP contribution is 2.33. The van der Waals surface area contributed by atoms with Gasteiger partial charge in [0.25, 0.3) is 0 Å². The van der Waals surface area contributed by atoms with Crippen LogP contribution in [-0.4, -0.2) is 18.1 Å². The Kier molecular flexibility index (Phi) is 5.16. The van der Waals surface area contributed by atoms with Crippen molar-refractivity contribution in [3.8, 4) is 17.0 Å². The number of ether oxygens (including phenoxy) is 1. The van der Waals surface area contributed by atoms with E-state index in [2.05, 4.69) is 4.98 Å². The summed E-state index contributed by atoms with van der Waals surface area (Å²) in [7, 11) is 0. The minimum absolute atomic E-state index is 0.209. The molecule has 0 aliphatic rings. The summed E-state index contributed by atoms with van der Waals surface area (Å²) in [6.07, 6.45) is 2.83. The van der Waals surface area contributed by atoms with Gasteiger partial charge in [0.1, 0.15) is 11.6 Å². The Hall–Kier alpha value is -2.33. The molecule has 1 heterocycles. The largest absolute Gasteiger partial charge is 0.494 e. The van der Waals surface area contributed by atoms with Crippen LogP contribution in [0.25, 0.3) is 22.2 Å². The lowest BCUT2D eigenvalue weighted by molar-refractivity contribution is 0.340. The van der Waals surface area contributed by atoms with E-state index in [1.807, 2.05) is 31.2 Å². The number of nitrogens with one attached hydrogen (secondary N) is 1. The summed E-state index contributed by atoms with van der Waals surface area (Å²) in [5.74, 6) is 0.646. The first-order valence-corrected chi connectivity index (χ1v) is 8.46. The number of aromatic nitrogens is 1. The quantitative estimate of drug-likeness (QED) is 0.621. The molecule has 0 aliphatic heterocycles. The zero-order chi connectivity index (χ0) is 16.9. The fourth-order valence-corrected chi connectivity index (χ4v) is 3.06. The molecule has 0 amide bonds. The number of aryl methyl sites for hydroxylation is 1.